The molecule has 0 saturated carbocycles. The predicted molar refractivity (Wildman–Crippen MR) is 71.1 cm³/mol. The molecule has 90 valence electrons. The van der Waals surface area contributed by atoms with Gasteiger partial charge in [-0.25, -0.2) is 0 Å². The monoisotopic (exact) mass is 247 g/mol. The van der Waals surface area contributed by atoms with E-state index in [2.05, 4.69) is 46.9 Å². The third kappa shape index (κ3) is 3.11. The van der Waals surface area contributed by atoms with Crippen molar-refractivity contribution in [2.24, 2.45) is 5.73 Å². The molecule has 1 aromatic carbocycles. The van der Waals surface area contributed by atoms with Crippen LogP contribution in [0, 0.1) is 0 Å². The van der Waals surface area contributed by atoms with Crippen molar-refractivity contribution >= 4 is 11.7 Å². The molecule has 17 heavy (non-hydrogen) atoms. The second kappa shape index (κ2) is 5.38. The molecule has 2 N–H and O–H groups in total. The third-order valence-corrected chi connectivity index (χ3v) is 3.35. The number of hydrogen-bond donors (Lipinski definition) is 1. The van der Waals surface area contributed by atoms with Crippen molar-refractivity contribution in [1.82, 2.24) is 8.75 Å². The zero-order valence-corrected chi connectivity index (χ0v) is 10.9. The van der Waals surface area contributed by atoms with E-state index in [-0.39, 0.29) is 6.04 Å². The first-order valence-corrected chi connectivity index (χ1v) is 6.51. The Morgan fingerprint density at radius 3 is 2.47 bits per heavy atom. The first-order chi connectivity index (χ1) is 8.16. The smallest absolute Gasteiger partial charge is 0.0913 e. The van der Waals surface area contributed by atoms with Crippen LogP contribution < -0.4 is 5.73 Å². The summed E-state index contributed by atoms with van der Waals surface area (Å²) in [5, 5.41) is 0. The van der Waals surface area contributed by atoms with E-state index in [9.17, 15) is 0 Å². The molecule has 0 radical (unpaired) electrons. The summed E-state index contributed by atoms with van der Waals surface area (Å²) >= 11 is 1.20. The summed E-state index contributed by atoms with van der Waals surface area (Å²) in [5.74, 6) is 0.570. The van der Waals surface area contributed by atoms with Crippen molar-refractivity contribution in [3.63, 3.8) is 0 Å². The summed E-state index contributed by atoms with van der Waals surface area (Å²) < 4.78 is 8.14. The highest BCUT2D eigenvalue weighted by Crippen LogP contribution is 2.18. The van der Waals surface area contributed by atoms with Crippen LogP contribution in [0.15, 0.2) is 30.5 Å². The Bertz CT molecular complexity index is 448. The topological polar surface area (TPSA) is 51.8 Å². The maximum Gasteiger partial charge on any atom is 0.0913 e. The Labute approximate surface area is 106 Å². The molecule has 0 bridgehead atoms. The van der Waals surface area contributed by atoms with Crippen LogP contribution in [0.1, 0.15) is 42.6 Å². The minimum absolute atomic E-state index is 0.0568. The van der Waals surface area contributed by atoms with Gasteiger partial charge in [-0.15, -0.1) is 0 Å². The van der Waals surface area contributed by atoms with E-state index in [4.69, 9.17) is 5.73 Å². The fourth-order valence-electron chi connectivity index (χ4n) is 1.73. The molecule has 0 aliphatic carbocycles. The first kappa shape index (κ1) is 12.2. The van der Waals surface area contributed by atoms with Gasteiger partial charge in [0, 0.05) is 0 Å². The van der Waals surface area contributed by atoms with Gasteiger partial charge < -0.3 is 5.73 Å². The van der Waals surface area contributed by atoms with Gasteiger partial charge in [-0.1, -0.05) is 38.1 Å². The van der Waals surface area contributed by atoms with Crippen LogP contribution in [0.2, 0.25) is 0 Å². The predicted octanol–water partition coefficient (Wildman–Crippen LogP) is 2.90. The molecule has 0 fully saturated rings. The lowest BCUT2D eigenvalue weighted by molar-refractivity contribution is 0.703. The number of benzene rings is 1. The van der Waals surface area contributed by atoms with Gasteiger partial charge in [0.2, 0.25) is 0 Å². The van der Waals surface area contributed by atoms with E-state index in [0.29, 0.717) is 5.92 Å². The minimum atomic E-state index is -0.0568. The molecule has 1 unspecified atom stereocenters. The van der Waals surface area contributed by atoms with Gasteiger partial charge in [0.15, 0.2) is 0 Å². The fraction of sp³-hybridized carbons (Fsp3) is 0.385. The lowest BCUT2D eigenvalue weighted by Crippen LogP contribution is -2.13. The lowest BCUT2D eigenvalue weighted by atomic mass is 9.99. The van der Waals surface area contributed by atoms with Gasteiger partial charge in [0.05, 0.1) is 29.7 Å². The number of rotatable bonds is 4. The summed E-state index contributed by atoms with van der Waals surface area (Å²) in [4.78, 5) is 0. The largest absolute Gasteiger partial charge is 0.322 e. The zero-order valence-electron chi connectivity index (χ0n) is 10.1. The Morgan fingerprint density at radius 1 is 1.24 bits per heavy atom. The Balaban J connectivity index is 2.04. The first-order valence-electron chi connectivity index (χ1n) is 5.78. The van der Waals surface area contributed by atoms with Gasteiger partial charge in [-0.2, -0.15) is 8.75 Å². The van der Waals surface area contributed by atoms with Crippen LogP contribution in [0.25, 0.3) is 0 Å². The maximum absolute atomic E-state index is 6.07. The van der Waals surface area contributed by atoms with Crippen molar-refractivity contribution in [1.29, 1.82) is 0 Å². The SMILES string of the molecule is CC(C)c1ccc(CC(N)c2cnsn2)cc1. The van der Waals surface area contributed by atoms with E-state index in [1.54, 1.807) is 6.20 Å². The molecule has 0 aliphatic rings. The summed E-state index contributed by atoms with van der Waals surface area (Å²) in [5.41, 5.74) is 9.56. The van der Waals surface area contributed by atoms with E-state index in [1.807, 2.05) is 0 Å². The Morgan fingerprint density at radius 2 is 1.94 bits per heavy atom. The van der Waals surface area contributed by atoms with Gasteiger partial charge in [-0.3, -0.25) is 0 Å². The van der Waals surface area contributed by atoms with Gasteiger partial charge >= 0.3 is 0 Å². The molecule has 2 aromatic rings. The third-order valence-electron chi connectivity index (χ3n) is 2.86. The molecule has 1 aromatic heterocycles. The molecular formula is C13H17N3S. The molecule has 1 atom stereocenters. The average Bonchev–Trinajstić information content (AvgIpc) is 2.83. The molecule has 1 heterocycles. The van der Waals surface area contributed by atoms with Gasteiger partial charge in [0.1, 0.15) is 0 Å². The number of nitrogens with two attached hydrogens (primary N) is 1. The van der Waals surface area contributed by atoms with Crippen LogP contribution in [0.4, 0.5) is 0 Å². The molecule has 0 saturated heterocycles. The molecular weight excluding hydrogens is 230 g/mol. The van der Waals surface area contributed by atoms with Crippen molar-refractivity contribution in [2.75, 3.05) is 0 Å². The van der Waals surface area contributed by atoms with Crippen LogP contribution in [0.5, 0.6) is 0 Å². The van der Waals surface area contributed by atoms with Crippen molar-refractivity contribution in [3.8, 4) is 0 Å². The normalized spacial score (nSPS) is 12.9. The number of aromatic nitrogens is 2. The summed E-state index contributed by atoms with van der Waals surface area (Å²) in [6, 6.07) is 8.58. The number of nitrogens with zero attached hydrogens (tertiary/aromatic N) is 2. The highest BCUT2D eigenvalue weighted by molar-refractivity contribution is 6.99. The Kier molecular flexibility index (Phi) is 3.86. The van der Waals surface area contributed by atoms with Crippen LogP contribution in [0.3, 0.4) is 0 Å². The second-order valence-corrected chi connectivity index (χ2v) is 5.10. The Hall–Kier alpha value is -1.26. The van der Waals surface area contributed by atoms with Crippen molar-refractivity contribution < 1.29 is 0 Å². The number of hydrogen-bond acceptors (Lipinski definition) is 4. The molecule has 0 aliphatic heterocycles. The van der Waals surface area contributed by atoms with Crippen LogP contribution in [-0.2, 0) is 6.42 Å². The van der Waals surface area contributed by atoms with E-state index >= 15 is 0 Å². The lowest BCUT2D eigenvalue weighted by Gasteiger charge is -2.10. The molecule has 0 amide bonds. The fourth-order valence-corrected chi connectivity index (χ4v) is 2.21. The van der Waals surface area contributed by atoms with E-state index < -0.39 is 0 Å². The van der Waals surface area contributed by atoms with Crippen LogP contribution >= 0.6 is 11.7 Å². The molecule has 4 heteroatoms. The minimum Gasteiger partial charge on any atom is -0.322 e. The maximum atomic E-state index is 6.07. The standard InChI is InChI=1S/C13H17N3S/c1-9(2)11-5-3-10(4-6-11)7-12(14)13-8-15-17-16-13/h3-6,8-9,12H,7,14H2,1-2H3. The molecule has 3 nitrogen and oxygen atoms in total. The van der Waals surface area contributed by atoms with Crippen molar-refractivity contribution in [2.45, 2.75) is 32.2 Å². The average molecular weight is 247 g/mol. The quantitative estimate of drug-likeness (QED) is 0.903. The van der Waals surface area contributed by atoms with E-state index in [0.717, 1.165) is 12.1 Å². The highest BCUT2D eigenvalue weighted by Gasteiger charge is 2.10. The van der Waals surface area contributed by atoms with Crippen molar-refractivity contribution in [3.05, 3.63) is 47.3 Å². The summed E-state index contributed by atoms with van der Waals surface area (Å²) in [6.07, 6.45) is 2.56. The van der Waals surface area contributed by atoms with Crippen LogP contribution in [-0.4, -0.2) is 8.75 Å². The second-order valence-electron chi connectivity index (χ2n) is 4.54. The zero-order chi connectivity index (χ0) is 12.3. The van der Waals surface area contributed by atoms with Gasteiger partial charge in [0.25, 0.3) is 0 Å². The summed E-state index contributed by atoms with van der Waals surface area (Å²) in [6.45, 7) is 4.39. The molecule has 0 spiro atoms. The summed E-state index contributed by atoms with van der Waals surface area (Å²) in [7, 11) is 0. The highest BCUT2D eigenvalue weighted by atomic mass is 32.1. The van der Waals surface area contributed by atoms with Gasteiger partial charge in [-0.05, 0) is 23.5 Å². The molecule has 2 rings (SSSR count). The van der Waals surface area contributed by atoms with E-state index in [1.165, 1.54) is 22.9 Å².